The fourth-order valence-electron chi connectivity index (χ4n) is 2.72. The van der Waals surface area contributed by atoms with Crippen LogP contribution in [0.5, 0.6) is 0 Å². The number of carbonyl (C=O) groups is 2. The SMILES string of the molecule is O=C(CCc1ccccc1)CN1C(=O)C[C@H]1[S@@](=O)c1ccccc1. The molecule has 3 rings (SSSR count). The Morgan fingerprint density at radius 3 is 2.29 bits per heavy atom. The Balaban J connectivity index is 1.56. The molecule has 0 unspecified atom stereocenters. The van der Waals surface area contributed by atoms with Crippen molar-refractivity contribution in [1.82, 2.24) is 4.90 Å². The molecule has 1 amide bonds. The van der Waals surface area contributed by atoms with E-state index in [2.05, 4.69) is 0 Å². The monoisotopic (exact) mass is 341 g/mol. The van der Waals surface area contributed by atoms with Crippen molar-refractivity contribution in [3.8, 4) is 0 Å². The molecule has 4 nitrogen and oxygen atoms in total. The molecule has 1 saturated heterocycles. The third kappa shape index (κ3) is 3.79. The smallest absolute Gasteiger partial charge is 0.227 e. The van der Waals surface area contributed by atoms with Crippen molar-refractivity contribution in [3.63, 3.8) is 0 Å². The Bertz CT molecular complexity index is 746. The summed E-state index contributed by atoms with van der Waals surface area (Å²) in [6.07, 6.45) is 1.29. The van der Waals surface area contributed by atoms with Crippen LogP contribution in [0.4, 0.5) is 0 Å². The van der Waals surface area contributed by atoms with E-state index in [0.717, 1.165) is 5.56 Å². The van der Waals surface area contributed by atoms with Crippen LogP contribution >= 0.6 is 0 Å². The van der Waals surface area contributed by atoms with Crippen LogP contribution in [0, 0.1) is 0 Å². The Morgan fingerprint density at radius 1 is 1.04 bits per heavy atom. The molecule has 1 fully saturated rings. The van der Waals surface area contributed by atoms with Crippen LogP contribution in [0.3, 0.4) is 0 Å². The predicted octanol–water partition coefficient (Wildman–Crippen LogP) is 2.55. The Labute approximate surface area is 143 Å². The molecule has 0 N–H and O–H groups in total. The molecule has 0 aromatic heterocycles. The van der Waals surface area contributed by atoms with E-state index >= 15 is 0 Å². The molecule has 2 atom stereocenters. The van der Waals surface area contributed by atoms with Crippen molar-refractivity contribution in [2.75, 3.05) is 6.54 Å². The summed E-state index contributed by atoms with van der Waals surface area (Å²) < 4.78 is 12.5. The van der Waals surface area contributed by atoms with E-state index < -0.39 is 10.8 Å². The van der Waals surface area contributed by atoms with Crippen molar-refractivity contribution in [2.45, 2.75) is 29.5 Å². The molecule has 124 valence electrons. The second-order valence-corrected chi connectivity index (χ2v) is 7.43. The van der Waals surface area contributed by atoms with Gasteiger partial charge in [0.15, 0.2) is 5.78 Å². The maximum Gasteiger partial charge on any atom is 0.227 e. The second kappa shape index (κ2) is 7.53. The number of β-lactam (4-membered cyclic amide) rings is 1. The number of Topliss-reactive ketones (excluding diaryl/α,β-unsaturated/α-hetero) is 1. The first-order valence-corrected chi connectivity index (χ1v) is 9.17. The van der Waals surface area contributed by atoms with Crippen molar-refractivity contribution in [1.29, 1.82) is 0 Å². The minimum Gasteiger partial charge on any atom is -0.320 e. The lowest BCUT2D eigenvalue weighted by Crippen LogP contribution is -2.56. The molecule has 1 aliphatic rings. The average Bonchev–Trinajstić information content (AvgIpc) is 2.63. The van der Waals surface area contributed by atoms with Crippen LogP contribution in [0.15, 0.2) is 65.6 Å². The summed E-state index contributed by atoms with van der Waals surface area (Å²) in [5, 5.41) is -0.388. The second-order valence-electron chi connectivity index (χ2n) is 5.82. The first-order valence-electron chi connectivity index (χ1n) is 7.96. The Kier molecular flexibility index (Phi) is 5.20. The highest BCUT2D eigenvalue weighted by molar-refractivity contribution is 7.85. The van der Waals surface area contributed by atoms with Gasteiger partial charge in [-0.25, -0.2) is 0 Å². The van der Waals surface area contributed by atoms with Gasteiger partial charge in [-0.05, 0) is 24.1 Å². The topological polar surface area (TPSA) is 54.5 Å². The zero-order chi connectivity index (χ0) is 16.9. The highest BCUT2D eigenvalue weighted by Gasteiger charge is 2.41. The summed E-state index contributed by atoms with van der Waals surface area (Å²) in [5.74, 6) is -0.0979. The summed E-state index contributed by atoms with van der Waals surface area (Å²) in [6.45, 7) is 0.0505. The first kappa shape index (κ1) is 16.6. The van der Waals surface area contributed by atoms with Gasteiger partial charge in [0.1, 0.15) is 5.37 Å². The van der Waals surface area contributed by atoms with Gasteiger partial charge in [0.25, 0.3) is 0 Å². The van der Waals surface area contributed by atoms with E-state index in [1.54, 1.807) is 12.1 Å². The number of rotatable bonds is 7. The molecule has 0 saturated carbocycles. The van der Waals surface area contributed by atoms with E-state index in [4.69, 9.17) is 0 Å². The van der Waals surface area contributed by atoms with Gasteiger partial charge in [0, 0.05) is 11.3 Å². The number of ketones is 1. The van der Waals surface area contributed by atoms with E-state index in [9.17, 15) is 13.8 Å². The van der Waals surface area contributed by atoms with Gasteiger partial charge >= 0.3 is 0 Å². The number of amides is 1. The molecule has 2 aromatic rings. The lowest BCUT2D eigenvalue weighted by molar-refractivity contribution is -0.145. The summed E-state index contributed by atoms with van der Waals surface area (Å²) in [6, 6.07) is 18.9. The largest absolute Gasteiger partial charge is 0.320 e. The molecule has 0 radical (unpaired) electrons. The van der Waals surface area contributed by atoms with Gasteiger partial charge in [-0.3, -0.25) is 13.8 Å². The number of hydrogen-bond donors (Lipinski definition) is 0. The highest BCUT2D eigenvalue weighted by Crippen LogP contribution is 2.26. The standard InChI is InChI=1S/C19H19NO3S/c21-16(12-11-15-7-3-1-4-8-15)14-20-18(22)13-19(20)24(23)17-9-5-2-6-10-17/h1-10,19H,11-14H2/t19-,24+/m1/s1. The van der Waals surface area contributed by atoms with Crippen molar-refractivity contribution in [2.24, 2.45) is 0 Å². The number of benzene rings is 2. The van der Waals surface area contributed by atoms with E-state index in [0.29, 0.717) is 17.7 Å². The van der Waals surface area contributed by atoms with Crippen LogP contribution in [0.1, 0.15) is 18.4 Å². The third-order valence-electron chi connectivity index (χ3n) is 4.12. The number of nitrogens with zero attached hydrogens (tertiary/aromatic N) is 1. The average molecular weight is 341 g/mol. The van der Waals surface area contributed by atoms with Crippen LogP contribution < -0.4 is 0 Å². The molecule has 5 heteroatoms. The molecule has 1 heterocycles. The quantitative estimate of drug-likeness (QED) is 0.727. The number of carbonyl (C=O) groups excluding carboxylic acids is 2. The maximum absolute atomic E-state index is 12.5. The summed E-state index contributed by atoms with van der Waals surface area (Å²) in [5.41, 5.74) is 1.10. The Morgan fingerprint density at radius 2 is 1.67 bits per heavy atom. The van der Waals surface area contributed by atoms with Crippen molar-refractivity contribution in [3.05, 3.63) is 66.2 Å². The summed E-state index contributed by atoms with van der Waals surface area (Å²) in [4.78, 5) is 26.1. The lowest BCUT2D eigenvalue weighted by atomic mass is 10.1. The van der Waals surface area contributed by atoms with Gasteiger partial charge in [-0.15, -0.1) is 0 Å². The molecular formula is C19H19NO3S. The van der Waals surface area contributed by atoms with Crippen LogP contribution in [-0.4, -0.2) is 32.7 Å². The molecule has 2 aromatic carbocycles. The lowest BCUT2D eigenvalue weighted by Gasteiger charge is -2.39. The molecule has 0 spiro atoms. The first-order chi connectivity index (χ1) is 11.6. The van der Waals surface area contributed by atoms with E-state index in [1.807, 2.05) is 48.5 Å². The van der Waals surface area contributed by atoms with Crippen LogP contribution in [0.2, 0.25) is 0 Å². The molecule has 24 heavy (non-hydrogen) atoms. The summed E-state index contributed by atoms with van der Waals surface area (Å²) in [7, 11) is -1.30. The fraction of sp³-hybridized carbons (Fsp3) is 0.263. The van der Waals surface area contributed by atoms with Gasteiger partial charge in [-0.2, -0.15) is 0 Å². The van der Waals surface area contributed by atoms with Gasteiger partial charge in [0.2, 0.25) is 5.91 Å². The van der Waals surface area contributed by atoms with Gasteiger partial charge < -0.3 is 4.90 Å². The van der Waals surface area contributed by atoms with Crippen molar-refractivity contribution < 1.29 is 13.8 Å². The number of likely N-dealkylation sites (tertiary alicyclic amines) is 1. The maximum atomic E-state index is 12.5. The van der Waals surface area contributed by atoms with Gasteiger partial charge in [0.05, 0.1) is 23.8 Å². The minimum absolute atomic E-state index is 0.00182. The van der Waals surface area contributed by atoms with Crippen molar-refractivity contribution >= 4 is 22.5 Å². The molecular weight excluding hydrogens is 322 g/mol. The highest BCUT2D eigenvalue weighted by atomic mass is 32.2. The summed E-state index contributed by atoms with van der Waals surface area (Å²) >= 11 is 0. The minimum atomic E-state index is -1.30. The number of aryl methyl sites for hydroxylation is 1. The van der Waals surface area contributed by atoms with E-state index in [1.165, 1.54) is 4.90 Å². The molecule has 0 aliphatic carbocycles. The zero-order valence-electron chi connectivity index (χ0n) is 13.3. The molecule has 1 aliphatic heterocycles. The zero-order valence-corrected chi connectivity index (χ0v) is 14.1. The normalized spacial score (nSPS) is 18.1. The van der Waals surface area contributed by atoms with Crippen LogP contribution in [-0.2, 0) is 26.8 Å². The van der Waals surface area contributed by atoms with Crippen LogP contribution in [0.25, 0.3) is 0 Å². The third-order valence-corrected chi connectivity index (χ3v) is 5.77. The Hall–Kier alpha value is -2.27. The van der Waals surface area contributed by atoms with Gasteiger partial charge in [-0.1, -0.05) is 48.5 Å². The molecule has 0 bridgehead atoms. The number of hydrogen-bond acceptors (Lipinski definition) is 3. The predicted molar refractivity (Wildman–Crippen MR) is 92.7 cm³/mol. The van der Waals surface area contributed by atoms with E-state index in [-0.39, 0.29) is 30.0 Å². The fourth-order valence-corrected chi connectivity index (χ4v) is 4.17.